The summed E-state index contributed by atoms with van der Waals surface area (Å²) in [5.74, 6) is 0. The van der Waals surface area contributed by atoms with Gasteiger partial charge in [0.2, 0.25) is 0 Å². The highest BCUT2D eigenvalue weighted by molar-refractivity contribution is 5.48. The first-order valence-electron chi connectivity index (χ1n) is 4.92. The minimum atomic E-state index is -0.204. The van der Waals surface area contributed by atoms with Gasteiger partial charge in [-0.3, -0.25) is 9.48 Å². The van der Waals surface area contributed by atoms with E-state index in [-0.39, 0.29) is 11.2 Å². The molecule has 0 aliphatic heterocycles. The Balaban J connectivity index is 2.70. The number of nitrogen functional groups attached to an aromatic ring is 2. The first-order chi connectivity index (χ1) is 7.52. The van der Waals surface area contributed by atoms with Gasteiger partial charge in [-0.2, -0.15) is 0 Å². The molecule has 1 aromatic carbocycles. The Hall–Kier alpha value is -2.17. The molecule has 0 aliphatic rings. The molecule has 0 fully saturated rings. The molecule has 1 heterocycles. The van der Waals surface area contributed by atoms with Crippen LogP contribution in [0.2, 0.25) is 0 Å². The third-order valence-corrected chi connectivity index (χ3v) is 2.74. The second-order valence-electron chi connectivity index (χ2n) is 3.73. The Labute approximate surface area is 92.9 Å². The van der Waals surface area contributed by atoms with E-state index in [0.717, 1.165) is 11.4 Å². The highest BCUT2D eigenvalue weighted by Gasteiger charge is 2.12. The molecule has 4 N–H and O–H groups in total. The average molecular weight is 218 g/mol. The van der Waals surface area contributed by atoms with E-state index < -0.39 is 0 Å². The summed E-state index contributed by atoms with van der Waals surface area (Å²) in [5.41, 5.74) is 13.5. The maximum Gasteiger partial charge on any atom is 0.294 e. The van der Waals surface area contributed by atoms with Crippen LogP contribution in [0, 0.1) is 6.92 Å². The lowest BCUT2D eigenvalue weighted by molar-refractivity contribution is 0.630. The Morgan fingerprint density at radius 3 is 2.12 bits per heavy atom. The van der Waals surface area contributed by atoms with Crippen molar-refractivity contribution in [3.05, 3.63) is 40.3 Å². The highest BCUT2D eigenvalue weighted by atomic mass is 16.1. The van der Waals surface area contributed by atoms with Crippen LogP contribution in [0.4, 0.5) is 11.4 Å². The van der Waals surface area contributed by atoms with Crippen LogP contribution in [0.1, 0.15) is 5.69 Å². The number of nitrogens with two attached hydrogens (primary N) is 2. The number of hydrogen-bond donors (Lipinski definition) is 2. The Morgan fingerprint density at radius 1 is 1.12 bits per heavy atom. The van der Waals surface area contributed by atoms with Crippen molar-refractivity contribution in [3.8, 4) is 5.69 Å². The van der Waals surface area contributed by atoms with E-state index in [4.69, 9.17) is 11.5 Å². The van der Waals surface area contributed by atoms with Gasteiger partial charge in [0, 0.05) is 12.7 Å². The van der Waals surface area contributed by atoms with E-state index in [2.05, 4.69) is 0 Å². The van der Waals surface area contributed by atoms with Crippen LogP contribution in [0.25, 0.3) is 5.69 Å². The lowest BCUT2D eigenvalue weighted by Crippen LogP contribution is -2.20. The number of hydrogen-bond acceptors (Lipinski definition) is 3. The number of nitrogens with zero attached hydrogens (tertiary/aromatic N) is 2. The summed E-state index contributed by atoms with van der Waals surface area (Å²) in [6, 6.07) is 7.08. The molecule has 0 unspecified atom stereocenters. The molecular formula is C11H14N4O. The number of benzene rings is 1. The summed E-state index contributed by atoms with van der Waals surface area (Å²) in [5, 5.41) is 0. The van der Waals surface area contributed by atoms with Crippen LogP contribution >= 0.6 is 0 Å². The van der Waals surface area contributed by atoms with Gasteiger partial charge in [-0.05, 0) is 31.2 Å². The van der Waals surface area contributed by atoms with Gasteiger partial charge >= 0.3 is 0 Å². The van der Waals surface area contributed by atoms with Crippen molar-refractivity contribution in [3.63, 3.8) is 0 Å². The summed E-state index contributed by atoms with van der Waals surface area (Å²) in [4.78, 5) is 11.9. The normalized spacial score (nSPS) is 10.6. The molecule has 0 atom stereocenters. The van der Waals surface area contributed by atoms with E-state index >= 15 is 0 Å². The van der Waals surface area contributed by atoms with Gasteiger partial charge in [-0.15, -0.1) is 0 Å². The molecular weight excluding hydrogens is 204 g/mol. The maximum atomic E-state index is 11.9. The van der Waals surface area contributed by atoms with E-state index in [1.165, 1.54) is 4.68 Å². The summed E-state index contributed by atoms with van der Waals surface area (Å²) >= 11 is 0. The Bertz CT molecular complexity index is 577. The standard InChI is InChI=1S/C11H14N4O/c1-7-10(13)11(16)15(14(7)2)9-5-3-8(12)4-6-9/h3-6H,12-13H2,1-2H3. The lowest BCUT2D eigenvalue weighted by Gasteiger charge is -2.08. The van der Waals surface area contributed by atoms with Crippen molar-refractivity contribution in [2.75, 3.05) is 11.5 Å². The summed E-state index contributed by atoms with van der Waals surface area (Å²) < 4.78 is 3.24. The molecule has 5 nitrogen and oxygen atoms in total. The van der Waals surface area contributed by atoms with Gasteiger partial charge < -0.3 is 11.5 Å². The summed E-state index contributed by atoms with van der Waals surface area (Å²) in [6.07, 6.45) is 0. The topological polar surface area (TPSA) is 79.0 Å². The molecule has 5 heteroatoms. The molecule has 0 bridgehead atoms. The SMILES string of the molecule is Cc1c(N)c(=O)n(-c2ccc(N)cc2)n1C. The van der Waals surface area contributed by atoms with Crippen LogP contribution in [-0.4, -0.2) is 9.36 Å². The molecule has 0 saturated heterocycles. The lowest BCUT2D eigenvalue weighted by atomic mass is 10.3. The molecule has 1 aromatic heterocycles. The fourth-order valence-electron chi connectivity index (χ4n) is 1.64. The molecule has 0 radical (unpaired) electrons. The second-order valence-corrected chi connectivity index (χ2v) is 3.73. The van der Waals surface area contributed by atoms with Crippen molar-refractivity contribution < 1.29 is 0 Å². The van der Waals surface area contributed by atoms with Crippen LogP contribution in [0.3, 0.4) is 0 Å². The van der Waals surface area contributed by atoms with E-state index in [1.807, 2.05) is 6.92 Å². The zero-order chi connectivity index (χ0) is 11.9. The smallest absolute Gasteiger partial charge is 0.294 e. The van der Waals surface area contributed by atoms with E-state index in [1.54, 1.807) is 36.0 Å². The quantitative estimate of drug-likeness (QED) is 0.690. The van der Waals surface area contributed by atoms with Crippen molar-refractivity contribution in [1.82, 2.24) is 9.36 Å². The minimum absolute atomic E-state index is 0.204. The van der Waals surface area contributed by atoms with Crippen LogP contribution < -0.4 is 17.0 Å². The maximum absolute atomic E-state index is 11.9. The van der Waals surface area contributed by atoms with Gasteiger partial charge in [0.15, 0.2) is 0 Å². The average Bonchev–Trinajstić information content (AvgIpc) is 2.46. The number of aromatic nitrogens is 2. The first-order valence-corrected chi connectivity index (χ1v) is 4.92. The Kier molecular flexibility index (Phi) is 2.23. The summed E-state index contributed by atoms with van der Waals surface area (Å²) in [7, 11) is 1.80. The van der Waals surface area contributed by atoms with E-state index in [0.29, 0.717) is 5.69 Å². The van der Waals surface area contributed by atoms with Crippen molar-refractivity contribution in [1.29, 1.82) is 0 Å². The number of rotatable bonds is 1. The molecule has 0 aliphatic carbocycles. The van der Waals surface area contributed by atoms with E-state index in [9.17, 15) is 4.79 Å². The van der Waals surface area contributed by atoms with Gasteiger partial charge in [-0.25, -0.2) is 4.68 Å². The predicted octanol–water partition coefficient (Wildman–Crippen LogP) is 0.649. The van der Waals surface area contributed by atoms with Gasteiger partial charge in [0.1, 0.15) is 5.69 Å². The fourth-order valence-corrected chi connectivity index (χ4v) is 1.64. The van der Waals surface area contributed by atoms with Crippen molar-refractivity contribution in [2.45, 2.75) is 6.92 Å². The third kappa shape index (κ3) is 1.37. The number of anilines is 2. The highest BCUT2D eigenvalue weighted by Crippen LogP contribution is 2.12. The summed E-state index contributed by atoms with van der Waals surface area (Å²) in [6.45, 7) is 1.81. The van der Waals surface area contributed by atoms with Crippen molar-refractivity contribution in [2.24, 2.45) is 7.05 Å². The predicted molar refractivity (Wildman–Crippen MR) is 64.6 cm³/mol. The van der Waals surface area contributed by atoms with Crippen LogP contribution in [0.15, 0.2) is 29.1 Å². The molecule has 0 saturated carbocycles. The van der Waals surface area contributed by atoms with Crippen LogP contribution in [0.5, 0.6) is 0 Å². The Morgan fingerprint density at radius 2 is 1.69 bits per heavy atom. The monoisotopic (exact) mass is 218 g/mol. The fraction of sp³-hybridized carbons (Fsp3) is 0.182. The zero-order valence-electron chi connectivity index (χ0n) is 9.27. The largest absolute Gasteiger partial charge is 0.399 e. The molecule has 16 heavy (non-hydrogen) atoms. The molecule has 2 aromatic rings. The van der Waals surface area contributed by atoms with Crippen LogP contribution in [-0.2, 0) is 7.05 Å². The first kappa shape index (κ1) is 10.4. The zero-order valence-corrected chi connectivity index (χ0v) is 9.27. The molecule has 0 spiro atoms. The molecule has 0 amide bonds. The van der Waals surface area contributed by atoms with Gasteiger partial charge in [0.05, 0.1) is 11.4 Å². The van der Waals surface area contributed by atoms with Gasteiger partial charge in [-0.1, -0.05) is 0 Å². The van der Waals surface area contributed by atoms with Gasteiger partial charge in [0.25, 0.3) is 5.56 Å². The molecule has 2 rings (SSSR count). The second kappa shape index (κ2) is 3.44. The van der Waals surface area contributed by atoms with Crippen molar-refractivity contribution >= 4 is 11.4 Å². The minimum Gasteiger partial charge on any atom is -0.399 e. The molecule has 84 valence electrons. The third-order valence-electron chi connectivity index (χ3n) is 2.74.